The second kappa shape index (κ2) is 7.06. The molecule has 4 nitrogen and oxygen atoms in total. The summed E-state index contributed by atoms with van der Waals surface area (Å²) in [5.74, 6) is 0.206. The number of carboxylic acid groups (broad SMARTS) is 1. The highest BCUT2D eigenvalue weighted by Crippen LogP contribution is 2.19. The van der Waals surface area contributed by atoms with Crippen molar-refractivity contribution in [1.29, 1.82) is 0 Å². The van der Waals surface area contributed by atoms with Gasteiger partial charge in [-0.05, 0) is 43.0 Å². The molecule has 0 aliphatic heterocycles. The van der Waals surface area contributed by atoms with Gasteiger partial charge in [0.15, 0.2) is 0 Å². The van der Waals surface area contributed by atoms with Crippen LogP contribution in [0.25, 0.3) is 0 Å². The lowest BCUT2D eigenvalue weighted by Gasteiger charge is -2.09. The molecule has 0 atom stereocenters. The lowest BCUT2D eigenvalue weighted by molar-refractivity contribution is 0.0697. The number of carbonyl (C=O) groups is 1. The van der Waals surface area contributed by atoms with Gasteiger partial charge in [-0.15, -0.1) is 0 Å². The molecule has 5 heteroatoms. The van der Waals surface area contributed by atoms with E-state index >= 15 is 0 Å². The van der Waals surface area contributed by atoms with Crippen LogP contribution in [0.5, 0.6) is 0 Å². The molecule has 0 aliphatic carbocycles. The molecule has 0 amide bonds. The van der Waals surface area contributed by atoms with Gasteiger partial charge in [0.25, 0.3) is 0 Å². The SMILES string of the molecule is CSCCCCNc1ccc(C(=O)O)cc1N. The van der Waals surface area contributed by atoms with Crippen LogP contribution in [0.1, 0.15) is 23.2 Å². The first-order valence-electron chi connectivity index (χ1n) is 5.50. The number of rotatable bonds is 7. The van der Waals surface area contributed by atoms with Crippen molar-refractivity contribution in [1.82, 2.24) is 0 Å². The third kappa shape index (κ3) is 4.56. The van der Waals surface area contributed by atoms with E-state index in [2.05, 4.69) is 11.6 Å². The summed E-state index contributed by atoms with van der Waals surface area (Å²) in [5.41, 5.74) is 7.27. The van der Waals surface area contributed by atoms with Crippen LogP contribution in [0.15, 0.2) is 18.2 Å². The van der Waals surface area contributed by atoms with Crippen molar-refractivity contribution in [3.63, 3.8) is 0 Å². The van der Waals surface area contributed by atoms with Crippen molar-refractivity contribution >= 4 is 29.1 Å². The number of anilines is 2. The molecule has 0 bridgehead atoms. The summed E-state index contributed by atoms with van der Waals surface area (Å²) in [7, 11) is 0. The van der Waals surface area contributed by atoms with Crippen LogP contribution in [0, 0.1) is 0 Å². The van der Waals surface area contributed by atoms with E-state index in [1.807, 2.05) is 11.8 Å². The minimum Gasteiger partial charge on any atom is -0.478 e. The molecule has 94 valence electrons. The molecular weight excluding hydrogens is 236 g/mol. The summed E-state index contributed by atoms with van der Waals surface area (Å²) in [4.78, 5) is 10.7. The van der Waals surface area contributed by atoms with Gasteiger partial charge in [-0.3, -0.25) is 0 Å². The zero-order valence-corrected chi connectivity index (χ0v) is 10.7. The first kappa shape index (κ1) is 13.7. The Balaban J connectivity index is 2.46. The van der Waals surface area contributed by atoms with Gasteiger partial charge in [0, 0.05) is 6.54 Å². The van der Waals surface area contributed by atoms with Crippen LogP contribution in [0.3, 0.4) is 0 Å². The third-order valence-corrected chi connectivity index (χ3v) is 3.09. The number of nitrogens with one attached hydrogen (secondary N) is 1. The minimum absolute atomic E-state index is 0.218. The summed E-state index contributed by atoms with van der Waals surface area (Å²) in [6.07, 6.45) is 4.35. The summed E-state index contributed by atoms with van der Waals surface area (Å²) in [5, 5.41) is 12.0. The number of hydrogen-bond acceptors (Lipinski definition) is 4. The number of carboxylic acids is 1. The maximum absolute atomic E-state index is 10.7. The quantitative estimate of drug-likeness (QED) is 0.515. The molecule has 0 saturated carbocycles. The van der Waals surface area contributed by atoms with Gasteiger partial charge in [-0.25, -0.2) is 4.79 Å². The van der Waals surface area contributed by atoms with Crippen LogP contribution in [-0.2, 0) is 0 Å². The molecule has 1 aromatic rings. The van der Waals surface area contributed by atoms with Gasteiger partial charge < -0.3 is 16.2 Å². The van der Waals surface area contributed by atoms with Gasteiger partial charge in [0.1, 0.15) is 0 Å². The molecule has 0 fully saturated rings. The molecule has 0 heterocycles. The molecule has 0 saturated heterocycles. The van der Waals surface area contributed by atoms with Crippen molar-refractivity contribution in [2.45, 2.75) is 12.8 Å². The average Bonchev–Trinajstić information content (AvgIpc) is 2.30. The van der Waals surface area contributed by atoms with Gasteiger partial charge in [-0.1, -0.05) is 0 Å². The topological polar surface area (TPSA) is 75.3 Å². The van der Waals surface area contributed by atoms with Crippen LogP contribution < -0.4 is 11.1 Å². The fraction of sp³-hybridized carbons (Fsp3) is 0.417. The fourth-order valence-corrected chi connectivity index (χ4v) is 1.94. The smallest absolute Gasteiger partial charge is 0.335 e. The molecule has 0 spiro atoms. The van der Waals surface area contributed by atoms with Crippen molar-refractivity contribution in [2.75, 3.05) is 29.6 Å². The average molecular weight is 254 g/mol. The Kier molecular flexibility index (Phi) is 5.69. The molecule has 4 N–H and O–H groups in total. The maximum Gasteiger partial charge on any atom is 0.335 e. The second-order valence-electron chi connectivity index (χ2n) is 3.73. The molecule has 17 heavy (non-hydrogen) atoms. The van der Waals surface area contributed by atoms with Crippen molar-refractivity contribution in [3.8, 4) is 0 Å². The van der Waals surface area contributed by atoms with E-state index in [-0.39, 0.29) is 5.56 Å². The Bertz CT molecular complexity index is 383. The first-order chi connectivity index (χ1) is 8.15. The van der Waals surface area contributed by atoms with Gasteiger partial charge in [0.2, 0.25) is 0 Å². The van der Waals surface area contributed by atoms with E-state index in [1.54, 1.807) is 12.1 Å². The van der Waals surface area contributed by atoms with E-state index in [4.69, 9.17) is 10.8 Å². The molecular formula is C12H18N2O2S. The molecule has 0 unspecified atom stereocenters. The van der Waals surface area contributed by atoms with Crippen LogP contribution >= 0.6 is 11.8 Å². The van der Waals surface area contributed by atoms with E-state index in [0.717, 1.165) is 24.4 Å². The third-order valence-electron chi connectivity index (χ3n) is 2.39. The highest BCUT2D eigenvalue weighted by Gasteiger charge is 2.05. The number of unbranched alkanes of at least 4 members (excludes halogenated alkanes) is 1. The normalized spacial score (nSPS) is 10.2. The Hall–Kier alpha value is -1.36. The zero-order valence-electron chi connectivity index (χ0n) is 9.90. The van der Waals surface area contributed by atoms with Gasteiger partial charge in [0.05, 0.1) is 16.9 Å². The number of thioether (sulfide) groups is 1. The Morgan fingerprint density at radius 2 is 2.24 bits per heavy atom. The summed E-state index contributed by atoms with van der Waals surface area (Å²) >= 11 is 1.84. The summed E-state index contributed by atoms with van der Waals surface area (Å²) in [6.45, 7) is 0.858. The van der Waals surface area contributed by atoms with Crippen molar-refractivity contribution in [3.05, 3.63) is 23.8 Å². The van der Waals surface area contributed by atoms with Crippen molar-refractivity contribution in [2.24, 2.45) is 0 Å². The van der Waals surface area contributed by atoms with Gasteiger partial charge in [-0.2, -0.15) is 11.8 Å². The molecule has 1 rings (SSSR count). The van der Waals surface area contributed by atoms with Crippen LogP contribution in [0.4, 0.5) is 11.4 Å². The molecule has 0 aromatic heterocycles. The number of nitrogen functional groups attached to an aromatic ring is 1. The fourth-order valence-electron chi connectivity index (χ4n) is 1.45. The van der Waals surface area contributed by atoms with Crippen LogP contribution in [-0.4, -0.2) is 29.6 Å². The second-order valence-corrected chi connectivity index (χ2v) is 4.72. The van der Waals surface area contributed by atoms with E-state index in [1.165, 1.54) is 12.5 Å². The number of nitrogens with two attached hydrogens (primary N) is 1. The van der Waals surface area contributed by atoms with Crippen LogP contribution in [0.2, 0.25) is 0 Å². The monoisotopic (exact) mass is 254 g/mol. The highest BCUT2D eigenvalue weighted by molar-refractivity contribution is 7.98. The van der Waals surface area contributed by atoms with E-state index < -0.39 is 5.97 Å². The minimum atomic E-state index is -0.955. The Morgan fingerprint density at radius 3 is 2.82 bits per heavy atom. The molecule has 1 aromatic carbocycles. The summed E-state index contributed by atoms with van der Waals surface area (Å²) < 4.78 is 0. The van der Waals surface area contributed by atoms with E-state index in [9.17, 15) is 4.79 Å². The Morgan fingerprint density at radius 1 is 1.47 bits per heavy atom. The lowest BCUT2D eigenvalue weighted by atomic mass is 10.1. The highest BCUT2D eigenvalue weighted by atomic mass is 32.2. The predicted molar refractivity (Wildman–Crippen MR) is 73.9 cm³/mol. The largest absolute Gasteiger partial charge is 0.478 e. The number of benzene rings is 1. The van der Waals surface area contributed by atoms with Crippen molar-refractivity contribution < 1.29 is 9.90 Å². The summed E-state index contributed by atoms with van der Waals surface area (Å²) in [6, 6.07) is 4.75. The zero-order chi connectivity index (χ0) is 12.7. The van der Waals surface area contributed by atoms with Gasteiger partial charge >= 0.3 is 5.97 Å². The lowest BCUT2D eigenvalue weighted by Crippen LogP contribution is -2.06. The number of hydrogen-bond donors (Lipinski definition) is 3. The number of aromatic carboxylic acids is 1. The van der Waals surface area contributed by atoms with E-state index in [0.29, 0.717) is 5.69 Å². The maximum atomic E-state index is 10.7. The molecule has 0 radical (unpaired) electrons. The Labute approximate surface area is 106 Å². The predicted octanol–water partition coefficient (Wildman–Crippen LogP) is 2.52. The standard InChI is InChI=1S/C12H18N2O2S/c1-17-7-3-2-6-14-11-5-4-9(12(15)16)8-10(11)13/h4-5,8,14H,2-3,6-7,13H2,1H3,(H,15,16). The molecule has 0 aliphatic rings. The first-order valence-corrected chi connectivity index (χ1v) is 6.90.